The Labute approximate surface area is 97.0 Å². The van der Waals surface area contributed by atoms with E-state index < -0.39 is 0 Å². The van der Waals surface area contributed by atoms with Gasteiger partial charge in [-0.1, -0.05) is 12.1 Å². The van der Waals surface area contributed by atoms with Crippen molar-refractivity contribution in [2.24, 2.45) is 0 Å². The fourth-order valence-electron chi connectivity index (χ4n) is 2.84. The second-order valence-corrected chi connectivity index (χ2v) is 5.03. The molecule has 1 N–H and O–H groups in total. The quantitative estimate of drug-likeness (QED) is 0.820. The molecule has 85 valence electrons. The first-order valence-corrected chi connectivity index (χ1v) is 6.24. The Hall–Kier alpha value is -1.02. The highest BCUT2D eigenvalue weighted by molar-refractivity contribution is 5.21. The van der Waals surface area contributed by atoms with E-state index in [-0.39, 0.29) is 0 Å². The predicted molar refractivity (Wildman–Crippen MR) is 63.5 cm³/mol. The SMILES string of the molecule is [c]1ccc(OC2CCNC3(CCC3)C2)cc1. The second-order valence-electron chi connectivity index (χ2n) is 5.03. The number of benzene rings is 1. The molecule has 1 aromatic carbocycles. The highest BCUT2D eigenvalue weighted by atomic mass is 16.5. The lowest BCUT2D eigenvalue weighted by Gasteiger charge is -2.48. The van der Waals surface area contributed by atoms with E-state index in [1.807, 2.05) is 24.3 Å². The zero-order chi connectivity index (χ0) is 10.8. The summed E-state index contributed by atoms with van der Waals surface area (Å²) in [6, 6.07) is 10.8. The molecular weight excluding hydrogens is 198 g/mol. The molecule has 1 atom stereocenters. The zero-order valence-corrected chi connectivity index (χ0v) is 9.54. The molecule has 1 spiro atoms. The second kappa shape index (κ2) is 4.10. The van der Waals surface area contributed by atoms with Crippen molar-refractivity contribution in [3.05, 3.63) is 30.3 Å². The number of hydrogen-bond donors (Lipinski definition) is 1. The predicted octanol–water partition coefficient (Wildman–Crippen LogP) is 2.54. The fraction of sp³-hybridized carbons (Fsp3) is 0.571. The van der Waals surface area contributed by atoms with Crippen molar-refractivity contribution in [2.45, 2.75) is 43.7 Å². The van der Waals surface area contributed by atoms with Crippen LogP contribution in [0.1, 0.15) is 32.1 Å². The summed E-state index contributed by atoms with van der Waals surface area (Å²) >= 11 is 0. The smallest absolute Gasteiger partial charge is 0.119 e. The third-order valence-electron chi connectivity index (χ3n) is 3.89. The molecule has 2 heteroatoms. The van der Waals surface area contributed by atoms with Crippen LogP contribution >= 0.6 is 0 Å². The topological polar surface area (TPSA) is 21.3 Å². The van der Waals surface area contributed by atoms with Gasteiger partial charge in [-0.15, -0.1) is 0 Å². The van der Waals surface area contributed by atoms with E-state index in [9.17, 15) is 0 Å². The van der Waals surface area contributed by atoms with Crippen molar-refractivity contribution in [2.75, 3.05) is 6.54 Å². The third kappa shape index (κ3) is 1.94. The van der Waals surface area contributed by atoms with Crippen LogP contribution in [0, 0.1) is 6.07 Å². The fourth-order valence-corrected chi connectivity index (χ4v) is 2.84. The molecule has 1 aliphatic heterocycles. The van der Waals surface area contributed by atoms with Crippen molar-refractivity contribution >= 4 is 0 Å². The van der Waals surface area contributed by atoms with E-state index in [0.29, 0.717) is 11.6 Å². The van der Waals surface area contributed by atoms with E-state index in [0.717, 1.165) is 18.7 Å². The molecule has 0 amide bonds. The summed E-state index contributed by atoms with van der Waals surface area (Å²) < 4.78 is 6.03. The van der Waals surface area contributed by atoms with Gasteiger partial charge in [0.1, 0.15) is 11.9 Å². The first-order chi connectivity index (χ1) is 7.86. The van der Waals surface area contributed by atoms with Gasteiger partial charge in [0, 0.05) is 12.0 Å². The minimum absolute atomic E-state index is 0.393. The Kier molecular flexibility index (Phi) is 2.60. The van der Waals surface area contributed by atoms with Gasteiger partial charge >= 0.3 is 0 Å². The van der Waals surface area contributed by atoms with Gasteiger partial charge in [0.25, 0.3) is 0 Å². The first kappa shape index (κ1) is 10.2. The van der Waals surface area contributed by atoms with Gasteiger partial charge < -0.3 is 10.1 Å². The van der Waals surface area contributed by atoms with Crippen molar-refractivity contribution in [1.82, 2.24) is 5.32 Å². The van der Waals surface area contributed by atoms with Crippen LogP contribution in [0.15, 0.2) is 24.3 Å². The van der Waals surface area contributed by atoms with Crippen LogP contribution in [0.2, 0.25) is 0 Å². The summed E-state index contributed by atoms with van der Waals surface area (Å²) in [4.78, 5) is 0. The van der Waals surface area contributed by atoms with Crippen molar-refractivity contribution in [3.63, 3.8) is 0 Å². The van der Waals surface area contributed by atoms with Crippen LogP contribution in [0.3, 0.4) is 0 Å². The van der Waals surface area contributed by atoms with Crippen LogP contribution in [0.25, 0.3) is 0 Å². The Balaban J connectivity index is 1.63. The van der Waals surface area contributed by atoms with E-state index in [1.165, 1.54) is 25.7 Å². The van der Waals surface area contributed by atoms with Crippen LogP contribution in [-0.4, -0.2) is 18.2 Å². The monoisotopic (exact) mass is 216 g/mol. The van der Waals surface area contributed by atoms with Gasteiger partial charge in [-0.2, -0.15) is 0 Å². The van der Waals surface area contributed by atoms with Gasteiger partial charge in [-0.05, 0) is 50.4 Å². The lowest BCUT2D eigenvalue weighted by Crippen LogP contribution is -2.57. The molecule has 1 radical (unpaired) electrons. The number of piperidine rings is 1. The zero-order valence-electron chi connectivity index (χ0n) is 9.54. The minimum atomic E-state index is 0.393. The summed E-state index contributed by atoms with van der Waals surface area (Å²) in [5.41, 5.74) is 0.420. The standard InChI is InChI=1S/C14H18NO/c1-2-5-12(6-3-1)16-13-7-10-15-14(11-13)8-4-9-14/h2-3,5-6,13,15H,4,7-11H2. The van der Waals surface area contributed by atoms with Gasteiger partial charge in [0.05, 0.1) is 0 Å². The highest BCUT2D eigenvalue weighted by Crippen LogP contribution is 2.39. The highest BCUT2D eigenvalue weighted by Gasteiger charge is 2.41. The van der Waals surface area contributed by atoms with E-state index >= 15 is 0 Å². The summed E-state index contributed by atoms with van der Waals surface area (Å²) in [5.74, 6) is 0.986. The summed E-state index contributed by atoms with van der Waals surface area (Å²) in [6.45, 7) is 1.10. The van der Waals surface area contributed by atoms with E-state index in [2.05, 4.69) is 11.4 Å². The number of hydrogen-bond acceptors (Lipinski definition) is 2. The maximum atomic E-state index is 6.03. The molecule has 1 saturated heterocycles. The average Bonchev–Trinajstić information content (AvgIpc) is 2.29. The lowest BCUT2D eigenvalue weighted by molar-refractivity contribution is 0.0522. The molecule has 2 fully saturated rings. The van der Waals surface area contributed by atoms with Gasteiger partial charge in [-0.3, -0.25) is 0 Å². The van der Waals surface area contributed by atoms with Crippen molar-refractivity contribution in [3.8, 4) is 5.75 Å². The van der Waals surface area contributed by atoms with Crippen molar-refractivity contribution in [1.29, 1.82) is 0 Å². The normalized spacial score (nSPS) is 27.4. The van der Waals surface area contributed by atoms with Crippen LogP contribution in [0.4, 0.5) is 0 Å². The molecule has 2 aliphatic rings. The Bertz CT molecular complexity index is 345. The largest absolute Gasteiger partial charge is 0.490 e. The van der Waals surface area contributed by atoms with Crippen LogP contribution in [-0.2, 0) is 0 Å². The number of rotatable bonds is 2. The molecule has 1 aromatic rings. The Morgan fingerprint density at radius 3 is 2.81 bits per heavy atom. The molecule has 1 saturated carbocycles. The first-order valence-electron chi connectivity index (χ1n) is 6.24. The summed E-state index contributed by atoms with van der Waals surface area (Å²) in [7, 11) is 0. The molecular formula is C14H18NO. The number of nitrogens with one attached hydrogen (secondary N) is 1. The molecule has 3 rings (SSSR count). The molecule has 16 heavy (non-hydrogen) atoms. The van der Waals surface area contributed by atoms with E-state index in [1.54, 1.807) is 0 Å². The maximum Gasteiger partial charge on any atom is 0.119 e. The van der Waals surface area contributed by atoms with Gasteiger partial charge in [0.2, 0.25) is 0 Å². The third-order valence-corrected chi connectivity index (χ3v) is 3.89. The van der Waals surface area contributed by atoms with Crippen molar-refractivity contribution < 1.29 is 4.74 Å². The maximum absolute atomic E-state index is 6.03. The van der Waals surface area contributed by atoms with Gasteiger partial charge in [-0.25, -0.2) is 0 Å². The Morgan fingerprint density at radius 2 is 2.12 bits per heavy atom. The molecule has 1 heterocycles. The van der Waals surface area contributed by atoms with Crippen LogP contribution < -0.4 is 10.1 Å². The molecule has 0 aromatic heterocycles. The van der Waals surface area contributed by atoms with Crippen LogP contribution in [0.5, 0.6) is 5.75 Å². The van der Waals surface area contributed by atoms with Gasteiger partial charge in [0.15, 0.2) is 0 Å². The van der Waals surface area contributed by atoms with E-state index in [4.69, 9.17) is 4.74 Å². The molecule has 1 unspecified atom stereocenters. The molecule has 1 aliphatic carbocycles. The summed E-state index contributed by atoms with van der Waals surface area (Å²) in [5, 5.41) is 3.66. The lowest BCUT2D eigenvalue weighted by atomic mass is 9.71. The molecule has 2 nitrogen and oxygen atoms in total. The average molecular weight is 216 g/mol. The molecule has 0 bridgehead atoms. The number of ether oxygens (including phenoxy) is 1. The summed E-state index contributed by atoms with van der Waals surface area (Å²) in [6.07, 6.45) is 6.72. The minimum Gasteiger partial charge on any atom is -0.490 e. The Morgan fingerprint density at radius 1 is 1.31 bits per heavy atom.